The van der Waals surface area contributed by atoms with Crippen molar-refractivity contribution in [3.63, 3.8) is 0 Å². The maximum Gasteiger partial charge on any atom is 0.228 e. The van der Waals surface area contributed by atoms with Crippen LogP contribution in [0.4, 0.5) is 5.69 Å². The van der Waals surface area contributed by atoms with E-state index < -0.39 is 9.96 Å². The number of anilines is 1. The minimum atomic E-state index is -1.70. The van der Waals surface area contributed by atoms with Gasteiger partial charge < -0.3 is 10.6 Å². The summed E-state index contributed by atoms with van der Waals surface area (Å²) in [6.45, 7) is 2.15. The lowest BCUT2D eigenvalue weighted by molar-refractivity contribution is -0.121. The number of benzene rings is 1. The van der Waals surface area contributed by atoms with Crippen LogP contribution in [-0.4, -0.2) is 15.9 Å². The number of alkyl halides is 3. The smallest absolute Gasteiger partial charge is 0.228 e. The van der Waals surface area contributed by atoms with Crippen LogP contribution >= 0.6 is 46.4 Å². The lowest BCUT2D eigenvalue weighted by atomic mass is 10.1. The van der Waals surface area contributed by atoms with Crippen LogP contribution in [0, 0.1) is 0 Å². The predicted molar refractivity (Wildman–Crippen MR) is 101 cm³/mol. The molecule has 0 saturated carbocycles. The van der Waals surface area contributed by atoms with Crippen LogP contribution in [0.5, 0.6) is 0 Å². The molecule has 0 aliphatic carbocycles. The van der Waals surface area contributed by atoms with Crippen LogP contribution in [0.3, 0.4) is 0 Å². The van der Waals surface area contributed by atoms with E-state index in [0.717, 1.165) is 19.3 Å². The Hall–Kier alpha value is -0.350. The van der Waals surface area contributed by atoms with E-state index >= 15 is 0 Å². The Balaban J connectivity index is 2.55. The van der Waals surface area contributed by atoms with Gasteiger partial charge in [0.1, 0.15) is 6.17 Å². The molecule has 0 bridgehead atoms. The summed E-state index contributed by atoms with van der Waals surface area (Å²) < 4.78 is -1.70. The molecule has 1 unspecified atom stereocenters. The van der Waals surface area contributed by atoms with Gasteiger partial charge in [0.2, 0.25) is 9.70 Å². The van der Waals surface area contributed by atoms with Crippen LogP contribution in [0.1, 0.15) is 45.4 Å². The average molecular weight is 400 g/mol. The average Bonchev–Trinajstić information content (AvgIpc) is 2.47. The Morgan fingerprint density at radius 3 is 2.39 bits per heavy atom. The fourth-order valence-electron chi connectivity index (χ4n) is 2.06. The standard InChI is InChI=1S/C16H22Cl4N2O/c1-2-3-4-5-6-11-14(23)22-15(16(18,19)20)21-13-10-8-7-9-12(13)17/h7-10,15,21H,2-6,11H2,1H3,(H,22,23). The zero-order chi connectivity index (χ0) is 17.3. The highest BCUT2D eigenvalue weighted by Gasteiger charge is 2.34. The van der Waals surface area contributed by atoms with E-state index in [0.29, 0.717) is 17.1 Å². The molecule has 0 aliphatic heterocycles. The number of hydrogen-bond donors (Lipinski definition) is 2. The molecule has 0 aliphatic rings. The quantitative estimate of drug-likeness (QED) is 0.307. The molecule has 3 nitrogen and oxygen atoms in total. The number of carbonyl (C=O) groups is 1. The van der Waals surface area contributed by atoms with Crippen molar-refractivity contribution in [2.24, 2.45) is 0 Å². The van der Waals surface area contributed by atoms with E-state index in [9.17, 15) is 4.79 Å². The zero-order valence-electron chi connectivity index (χ0n) is 13.0. The zero-order valence-corrected chi connectivity index (χ0v) is 16.1. The molecule has 0 aromatic heterocycles. The van der Waals surface area contributed by atoms with Crippen molar-refractivity contribution in [1.82, 2.24) is 5.32 Å². The van der Waals surface area contributed by atoms with Crippen LogP contribution in [-0.2, 0) is 4.79 Å². The molecule has 0 heterocycles. The van der Waals surface area contributed by atoms with Crippen LogP contribution in [0.15, 0.2) is 24.3 Å². The van der Waals surface area contributed by atoms with Crippen molar-refractivity contribution in [3.8, 4) is 0 Å². The van der Waals surface area contributed by atoms with Gasteiger partial charge in [-0.3, -0.25) is 4.79 Å². The molecule has 1 atom stereocenters. The molecule has 130 valence electrons. The lowest BCUT2D eigenvalue weighted by Crippen LogP contribution is -2.49. The first-order valence-corrected chi connectivity index (χ1v) is 9.23. The second kappa shape index (κ2) is 10.5. The highest BCUT2D eigenvalue weighted by atomic mass is 35.6. The Morgan fingerprint density at radius 2 is 1.78 bits per heavy atom. The van der Waals surface area contributed by atoms with Crippen molar-refractivity contribution in [1.29, 1.82) is 0 Å². The highest BCUT2D eigenvalue weighted by Crippen LogP contribution is 2.32. The summed E-state index contributed by atoms with van der Waals surface area (Å²) in [6, 6.07) is 7.07. The summed E-state index contributed by atoms with van der Waals surface area (Å²) in [6.07, 6.45) is 4.88. The molecule has 2 N–H and O–H groups in total. The van der Waals surface area contributed by atoms with Gasteiger partial charge in [-0.15, -0.1) is 0 Å². The Bertz CT molecular complexity index is 491. The molecule has 1 rings (SSSR count). The van der Waals surface area contributed by atoms with E-state index in [-0.39, 0.29) is 5.91 Å². The fourth-order valence-corrected chi connectivity index (χ4v) is 2.57. The van der Waals surface area contributed by atoms with E-state index in [1.807, 2.05) is 0 Å². The van der Waals surface area contributed by atoms with Gasteiger partial charge in [-0.05, 0) is 18.6 Å². The maximum absolute atomic E-state index is 12.0. The van der Waals surface area contributed by atoms with Gasteiger partial charge in [-0.25, -0.2) is 0 Å². The Labute approximate surface area is 158 Å². The normalized spacial score (nSPS) is 12.7. The molecule has 0 saturated heterocycles. The van der Waals surface area contributed by atoms with Crippen LogP contribution in [0.25, 0.3) is 0 Å². The number of carbonyl (C=O) groups excluding carboxylic acids is 1. The third-order valence-electron chi connectivity index (χ3n) is 3.31. The van der Waals surface area contributed by atoms with Gasteiger partial charge in [-0.1, -0.05) is 91.1 Å². The Kier molecular flexibility index (Phi) is 9.45. The van der Waals surface area contributed by atoms with Crippen molar-refractivity contribution < 1.29 is 4.79 Å². The minimum absolute atomic E-state index is 0.155. The van der Waals surface area contributed by atoms with Crippen LogP contribution < -0.4 is 10.6 Å². The number of nitrogens with one attached hydrogen (secondary N) is 2. The van der Waals surface area contributed by atoms with Gasteiger partial charge in [0.25, 0.3) is 0 Å². The van der Waals surface area contributed by atoms with E-state index in [1.165, 1.54) is 12.8 Å². The maximum atomic E-state index is 12.0. The Morgan fingerprint density at radius 1 is 1.13 bits per heavy atom. The highest BCUT2D eigenvalue weighted by molar-refractivity contribution is 6.68. The van der Waals surface area contributed by atoms with Gasteiger partial charge in [0, 0.05) is 6.42 Å². The third-order valence-corrected chi connectivity index (χ3v) is 4.30. The molecule has 1 aromatic carbocycles. The lowest BCUT2D eigenvalue weighted by Gasteiger charge is -2.27. The number of rotatable bonds is 9. The summed E-state index contributed by atoms with van der Waals surface area (Å²) in [4.78, 5) is 12.0. The van der Waals surface area contributed by atoms with Crippen molar-refractivity contribution >= 4 is 58.0 Å². The summed E-state index contributed by atoms with van der Waals surface area (Å²) in [5.41, 5.74) is 0.591. The van der Waals surface area contributed by atoms with Crippen molar-refractivity contribution in [2.75, 3.05) is 5.32 Å². The van der Waals surface area contributed by atoms with E-state index in [4.69, 9.17) is 46.4 Å². The minimum Gasteiger partial charge on any atom is -0.361 e. The van der Waals surface area contributed by atoms with Crippen molar-refractivity contribution in [3.05, 3.63) is 29.3 Å². The molecular weight excluding hydrogens is 378 g/mol. The number of unbranched alkanes of at least 4 members (excludes halogenated alkanes) is 4. The summed E-state index contributed by atoms with van der Waals surface area (Å²) in [7, 11) is 0. The molecule has 23 heavy (non-hydrogen) atoms. The predicted octanol–water partition coefficient (Wildman–Crippen LogP) is 5.92. The van der Waals surface area contributed by atoms with Gasteiger partial charge in [0.05, 0.1) is 10.7 Å². The van der Waals surface area contributed by atoms with Crippen LogP contribution in [0.2, 0.25) is 5.02 Å². The number of para-hydroxylation sites is 1. The third kappa shape index (κ3) is 8.35. The largest absolute Gasteiger partial charge is 0.361 e. The summed E-state index contributed by atoms with van der Waals surface area (Å²) >= 11 is 24.0. The van der Waals surface area contributed by atoms with Gasteiger partial charge in [0.15, 0.2) is 0 Å². The second-order valence-electron chi connectivity index (χ2n) is 5.33. The van der Waals surface area contributed by atoms with Gasteiger partial charge >= 0.3 is 0 Å². The molecule has 1 aromatic rings. The molecule has 1 amide bonds. The van der Waals surface area contributed by atoms with E-state index in [1.54, 1.807) is 24.3 Å². The number of halogens is 4. The van der Waals surface area contributed by atoms with Gasteiger partial charge in [-0.2, -0.15) is 0 Å². The summed E-state index contributed by atoms with van der Waals surface area (Å²) in [5.74, 6) is -0.155. The monoisotopic (exact) mass is 398 g/mol. The molecule has 0 radical (unpaired) electrons. The van der Waals surface area contributed by atoms with E-state index in [2.05, 4.69) is 17.6 Å². The van der Waals surface area contributed by atoms with Crippen molar-refractivity contribution in [2.45, 2.75) is 55.4 Å². The topological polar surface area (TPSA) is 41.1 Å². The first kappa shape index (κ1) is 20.7. The second-order valence-corrected chi connectivity index (χ2v) is 8.11. The summed E-state index contributed by atoms with van der Waals surface area (Å²) in [5, 5.41) is 6.17. The SMILES string of the molecule is CCCCCCCC(=O)NC(Nc1ccccc1Cl)C(Cl)(Cl)Cl. The first-order chi connectivity index (χ1) is 10.8. The molecule has 0 fully saturated rings. The fraction of sp³-hybridized carbons (Fsp3) is 0.562. The number of hydrogen-bond acceptors (Lipinski definition) is 2. The number of amides is 1. The molecule has 0 spiro atoms. The molecule has 7 heteroatoms. The molecular formula is C16H22Cl4N2O. The first-order valence-electron chi connectivity index (χ1n) is 7.71.